The summed E-state index contributed by atoms with van der Waals surface area (Å²) in [6, 6.07) is 59.8. The minimum atomic E-state index is 0.122. The average molecular weight is 741 g/mol. The second kappa shape index (κ2) is 16.0. The van der Waals surface area contributed by atoms with Crippen LogP contribution in [0.1, 0.15) is 76.8 Å². The summed E-state index contributed by atoms with van der Waals surface area (Å²) in [7, 11) is 0. The van der Waals surface area contributed by atoms with E-state index in [-0.39, 0.29) is 5.41 Å². The highest BCUT2D eigenvalue weighted by Gasteiger charge is 2.43. The number of benzene rings is 7. The van der Waals surface area contributed by atoms with Crippen LogP contribution in [0.2, 0.25) is 0 Å². The first-order chi connectivity index (χ1) is 28.1. The van der Waals surface area contributed by atoms with E-state index >= 15 is 0 Å². The molecule has 1 aliphatic rings. The van der Waals surface area contributed by atoms with Crippen molar-refractivity contribution >= 4 is 21.5 Å². The zero-order valence-corrected chi connectivity index (χ0v) is 33.9. The third-order valence-electron chi connectivity index (χ3n) is 12.8. The van der Waals surface area contributed by atoms with Gasteiger partial charge >= 0.3 is 0 Å². The van der Waals surface area contributed by atoms with Crippen LogP contribution in [0.25, 0.3) is 77.3 Å². The van der Waals surface area contributed by atoms with Gasteiger partial charge in [0.1, 0.15) is 0 Å². The number of rotatable bonds is 12. The minimum Gasteiger partial charge on any atom is -0.197 e. The van der Waals surface area contributed by atoms with Crippen LogP contribution in [-0.2, 0) is 18.4 Å². The number of hydrogen-bond donors (Lipinski definition) is 0. The molecule has 1 unspecified atom stereocenters. The zero-order valence-electron chi connectivity index (χ0n) is 33.9. The van der Waals surface area contributed by atoms with Crippen LogP contribution >= 0.6 is 0 Å². The Morgan fingerprint density at radius 1 is 0.474 bits per heavy atom. The van der Waals surface area contributed by atoms with Gasteiger partial charge in [0.15, 0.2) is 12.7 Å². The highest BCUT2D eigenvalue weighted by atomic mass is 15.0. The van der Waals surface area contributed by atoms with Crippen molar-refractivity contribution in [3.63, 3.8) is 0 Å². The molecule has 8 aromatic rings. The van der Waals surface area contributed by atoms with E-state index in [1.165, 1.54) is 127 Å². The molecule has 0 radical (unpaired) electrons. The molecule has 1 aromatic heterocycles. The van der Waals surface area contributed by atoms with E-state index < -0.39 is 0 Å². The first kappa shape index (κ1) is 36.8. The molecule has 0 N–H and O–H groups in total. The highest BCUT2D eigenvalue weighted by molar-refractivity contribution is 5.99. The molecule has 1 atom stereocenters. The Labute approximate surface area is 339 Å². The Bertz CT molecular complexity index is 2710. The molecule has 0 spiro atoms. The van der Waals surface area contributed by atoms with Crippen LogP contribution in [-0.4, -0.2) is 0 Å². The van der Waals surface area contributed by atoms with Crippen LogP contribution in [0.5, 0.6) is 0 Å². The topological polar surface area (TPSA) is 3.88 Å². The number of fused-ring (bicyclic) bond motifs is 6. The summed E-state index contributed by atoms with van der Waals surface area (Å²) in [5.41, 5.74) is 15.8. The van der Waals surface area contributed by atoms with Gasteiger partial charge in [-0.15, -0.1) is 0 Å². The van der Waals surface area contributed by atoms with E-state index in [0.29, 0.717) is 0 Å². The van der Waals surface area contributed by atoms with E-state index in [1.807, 2.05) is 0 Å². The molecule has 0 aliphatic carbocycles. The van der Waals surface area contributed by atoms with Gasteiger partial charge in [-0.05, 0) is 134 Å². The number of aromatic nitrogens is 1. The maximum atomic E-state index is 2.57. The first-order valence-corrected chi connectivity index (χ1v) is 21.5. The van der Waals surface area contributed by atoms with Gasteiger partial charge in [0.2, 0.25) is 5.69 Å². The Hall–Kier alpha value is -5.79. The number of aryl methyl sites for hydroxylation is 1. The average Bonchev–Trinajstić information content (AvgIpc) is 3.27. The predicted molar refractivity (Wildman–Crippen MR) is 244 cm³/mol. The van der Waals surface area contributed by atoms with Gasteiger partial charge in [0.05, 0.1) is 16.4 Å². The second-order valence-corrected chi connectivity index (χ2v) is 16.4. The van der Waals surface area contributed by atoms with Crippen molar-refractivity contribution in [2.75, 3.05) is 0 Å². The summed E-state index contributed by atoms with van der Waals surface area (Å²) in [6.45, 7) is 8.03. The third kappa shape index (κ3) is 7.10. The molecule has 0 amide bonds. The van der Waals surface area contributed by atoms with E-state index in [1.54, 1.807) is 0 Å². The fourth-order valence-corrected chi connectivity index (χ4v) is 9.65. The van der Waals surface area contributed by atoms with Crippen molar-refractivity contribution in [3.8, 4) is 55.8 Å². The molecule has 57 heavy (non-hydrogen) atoms. The first-order valence-electron chi connectivity index (χ1n) is 21.5. The van der Waals surface area contributed by atoms with Crippen molar-refractivity contribution < 1.29 is 4.57 Å². The van der Waals surface area contributed by atoms with Crippen LogP contribution in [0.3, 0.4) is 0 Å². The Kier molecular flexibility index (Phi) is 10.3. The van der Waals surface area contributed by atoms with E-state index in [0.717, 1.165) is 19.4 Å². The van der Waals surface area contributed by atoms with Crippen molar-refractivity contribution in [1.82, 2.24) is 0 Å². The molecule has 0 saturated carbocycles. The minimum absolute atomic E-state index is 0.122. The summed E-state index contributed by atoms with van der Waals surface area (Å²) < 4.78 is 2.57. The van der Waals surface area contributed by atoms with Crippen molar-refractivity contribution in [2.24, 2.45) is 0 Å². The van der Waals surface area contributed by atoms with Gasteiger partial charge in [0, 0.05) is 6.07 Å². The van der Waals surface area contributed by atoms with Gasteiger partial charge < -0.3 is 0 Å². The fourth-order valence-electron chi connectivity index (χ4n) is 9.65. The van der Waals surface area contributed by atoms with Crippen LogP contribution in [0.4, 0.5) is 0 Å². The van der Waals surface area contributed by atoms with E-state index in [4.69, 9.17) is 0 Å². The largest absolute Gasteiger partial charge is 0.220 e. The summed E-state index contributed by atoms with van der Waals surface area (Å²) >= 11 is 0. The molecule has 0 fully saturated rings. The molecule has 9 rings (SSSR count). The lowest BCUT2D eigenvalue weighted by molar-refractivity contribution is -0.696. The molecular weight excluding hydrogens is 687 g/mol. The van der Waals surface area contributed by atoms with Gasteiger partial charge in [-0.2, -0.15) is 4.57 Å². The molecular formula is C56H54N+. The summed E-state index contributed by atoms with van der Waals surface area (Å²) in [6.07, 6.45) is 12.0. The third-order valence-corrected chi connectivity index (χ3v) is 12.8. The van der Waals surface area contributed by atoms with E-state index in [9.17, 15) is 0 Å². The van der Waals surface area contributed by atoms with Crippen LogP contribution in [0, 0.1) is 0 Å². The second-order valence-electron chi connectivity index (χ2n) is 16.4. The standard InChI is InChI=1S/C56H54N/c1-4-7-13-31-56(6-3)39-57-32-30-42-20-10-12-26-52(42)55(57)53-38-46(28-29-54(53)56)44-23-15-24-45(34-44)48-35-47(43-22-14-18-40(33-43)17-8-5-2)36-49(37-48)51-27-16-21-41-19-9-11-25-50(41)51/h9-12,14-16,18-30,32-38H,4-8,13,17,31,39H2,1-3H3/q+1. The van der Waals surface area contributed by atoms with Crippen molar-refractivity contribution in [2.45, 2.75) is 84.1 Å². The van der Waals surface area contributed by atoms with Gasteiger partial charge in [-0.1, -0.05) is 162 Å². The quantitative estimate of drug-likeness (QED) is 0.0867. The summed E-state index contributed by atoms with van der Waals surface area (Å²) in [4.78, 5) is 0. The molecule has 282 valence electrons. The van der Waals surface area contributed by atoms with Gasteiger partial charge in [0.25, 0.3) is 0 Å². The molecule has 7 aromatic carbocycles. The van der Waals surface area contributed by atoms with E-state index in [2.05, 4.69) is 189 Å². The Morgan fingerprint density at radius 3 is 1.86 bits per heavy atom. The highest BCUT2D eigenvalue weighted by Crippen LogP contribution is 2.46. The van der Waals surface area contributed by atoms with Crippen LogP contribution in [0.15, 0.2) is 164 Å². The molecule has 1 nitrogen and oxygen atoms in total. The lowest BCUT2D eigenvalue weighted by Crippen LogP contribution is -2.51. The maximum absolute atomic E-state index is 2.57. The Balaban J connectivity index is 1.19. The van der Waals surface area contributed by atoms with Gasteiger partial charge in [-0.25, -0.2) is 0 Å². The molecule has 1 aliphatic heterocycles. The number of nitrogens with zero attached hydrogens (tertiary/aromatic N) is 1. The lowest BCUT2D eigenvalue weighted by atomic mass is 9.69. The monoisotopic (exact) mass is 740 g/mol. The Morgan fingerprint density at radius 2 is 1.09 bits per heavy atom. The smallest absolute Gasteiger partial charge is 0.197 e. The van der Waals surface area contributed by atoms with Crippen molar-refractivity contribution in [3.05, 3.63) is 175 Å². The summed E-state index contributed by atoms with van der Waals surface area (Å²) in [5.74, 6) is 0. The number of hydrogen-bond acceptors (Lipinski definition) is 0. The van der Waals surface area contributed by atoms with Crippen LogP contribution < -0.4 is 4.57 Å². The predicted octanol–water partition coefficient (Wildman–Crippen LogP) is 15.2. The normalized spacial score (nSPS) is 14.8. The number of pyridine rings is 1. The molecule has 2 heterocycles. The summed E-state index contributed by atoms with van der Waals surface area (Å²) in [5, 5.41) is 5.19. The zero-order chi connectivity index (χ0) is 38.8. The lowest BCUT2D eigenvalue weighted by Gasteiger charge is -2.36. The molecule has 1 heteroatoms. The van der Waals surface area contributed by atoms with Crippen molar-refractivity contribution in [1.29, 1.82) is 0 Å². The molecule has 0 bridgehead atoms. The SMILES string of the molecule is CCCCCC1(CC)C[n+]2ccc3ccccc3c2-c2cc(-c3cccc(-c4cc(-c5cccc(CCCC)c5)cc(-c5cccc6ccccc56)c4)c3)ccc21. The molecule has 0 saturated heterocycles. The van der Waals surface area contributed by atoms with Gasteiger partial charge in [-0.3, -0.25) is 0 Å². The maximum Gasteiger partial charge on any atom is 0.220 e. The number of unbranched alkanes of at least 4 members (excludes halogenated alkanes) is 3. The fraction of sp³-hybridized carbons (Fsp3) is 0.232.